The van der Waals surface area contributed by atoms with E-state index in [1.54, 1.807) is 14.0 Å². The Morgan fingerprint density at radius 1 is 1.36 bits per heavy atom. The number of nitrogens with two attached hydrogens (primary N) is 2. The van der Waals surface area contributed by atoms with Gasteiger partial charge in [-0.2, -0.15) is 5.10 Å². The van der Waals surface area contributed by atoms with Gasteiger partial charge in [0.05, 0.1) is 17.1 Å². The molecule has 0 radical (unpaired) electrons. The summed E-state index contributed by atoms with van der Waals surface area (Å²) in [5.74, 6) is -0.285. The summed E-state index contributed by atoms with van der Waals surface area (Å²) >= 11 is 0. The Morgan fingerprint density at radius 2 is 2.12 bits per heavy atom. The predicted molar refractivity (Wildman–Crippen MR) is 122 cm³/mol. The quantitative estimate of drug-likeness (QED) is 0.523. The first-order valence-electron chi connectivity index (χ1n) is 10.0. The van der Waals surface area contributed by atoms with E-state index in [0.717, 1.165) is 0 Å². The van der Waals surface area contributed by atoms with E-state index in [-0.39, 0.29) is 35.1 Å². The largest absolute Gasteiger partial charge is 0.482 e. The molecule has 2 bridgehead atoms. The van der Waals surface area contributed by atoms with Gasteiger partial charge >= 0.3 is 0 Å². The molecular formula is C22H24F3N7O. The van der Waals surface area contributed by atoms with Crippen LogP contribution < -0.4 is 21.6 Å². The van der Waals surface area contributed by atoms with E-state index in [2.05, 4.69) is 20.5 Å². The van der Waals surface area contributed by atoms with Gasteiger partial charge in [-0.1, -0.05) is 0 Å². The smallest absolute Gasteiger partial charge is 0.257 e. The monoisotopic (exact) mass is 459 g/mol. The van der Waals surface area contributed by atoms with Crippen LogP contribution >= 0.6 is 0 Å². The summed E-state index contributed by atoms with van der Waals surface area (Å²) in [7, 11) is 1.56. The minimum absolute atomic E-state index is 0.00991. The van der Waals surface area contributed by atoms with E-state index >= 15 is 0 Å². The molecule has 1 aromatic carbocycles. The molecule has 0 fully saturated rings. The fourth-order valence-corrected chi connectivity index (χ4v) is 3.45. The molecule has 33 heavy (non-hydrogen) atoms. The molecule has 2 heterocycles. The Hall–Kier alpha value is -3.89. The van der Waals surface area contributed by atoms with Crippen molar-refractivity contribution in [2.45, 2.75) is 25.9 Å². The van der Waals surface area contributed by atoms with Gasteiger partial charge in [0, 0.05) is 36.4 Å². The lowest BCUT2D eigenvalue weighted by Gasteiger charge is -2.22. The highest BCUT2D eigenvalue weighted by Crippen LogP contribution is 2.31. The molecule has 8 nitrogen and oxygen atoms in total. The van der Waals surface area contributed by atoms with Gasteiger partial charge in [0.2, 0.25) is 0 Å². The third-order valence-electron chi connectivity index (χ3n) is 4.97. The Morgan fingerprint density at radius 3 is 2.79 bits per heavy atom. The summed E-state index contributed by atoms with van der Waals surface area (Å²) in [4.78, 5) is 8.16. The number of hydrogen-bond donors (Lipinski definition) is 4. The molecule has 0 spiro atoms. The number of benzene rings is 1. The van der Waals surface area contributed by atoms with E-state index in [9.17, 15) is 13.2 Å². The lowest BCUT2D eigenvalue weighted by Crippen LogP contribution is -2.24. The topological polar surface area (TPSA) is 135 Å². The lowest BCUT2D eigenvalue weighted by molar-refractivity contribution is 0.159. The first-order chi connectivity index (χ1) is 15.7. The molecule has 6 N–H and O–H groups in total. The number of halogens is 3. The predicted octanol–water partition coefficient (Wildman–Crippen LogP) is 3.19. The number of anilines is 1. The van der Waals surface area contributed by atoms with E-state index < -0.39 is 24.9 Å². The highest BCUT2D eigenvalue weighted by Gasteiger charge is 2.25. The molecule has 1 aromatic heterocycles. The first-order valence-corrected chi connectivity index (χ1v) is 10.0. The number of nitrogens with one attached hydrogen (secondary N) is 2. The van der Waals surface area contributed by atoms with Crippen LogP contribution in [0.1, 0.15) is 36.1 Å². The van der Waals surface area contributed by atoms with E-state index in [1.807, 2.05) is 0 Å². The average Bonchev–Trinajstić information content (AvgIpc) is 2.78. The SMILES string of the molecule is CN/N=C1/CC(=CN)C(=NCC(F)F)c2cnc(N)c(c2)O[C@H](C)c2cc(F)ccc2C1=N. The van der Waals surface area contributed by atoms with Crippen LogP contribution in [0.15, 0.2) is 52.3 Å². The number of aromatic nitrogens is 1. The van der Waals surface area contributed by atoms with Crippen LogP contribution in [-0.4, -0.2) is 42.1 Å². The number of fused-ring (bicyclic) bond motifs is 3. The lowest BCUT2D eigenvalue weighted by atomic mass is 9.91. The molecule has 174 valence electrons. The third-order valence-corrected chi connectivity index (χ3v) is 4.97. The maximum atomic E-state index is 14.1. The summed E-state index contributed by atoms with van der Waals surface area (Å²) < 4.78 is 46.1. The van der Waals surface area contributed by atoms with Crippen LogP contribution in [0.4, 0.5) is 19.0 Å². The molecule has 0 amide bonds. The summed E-state index contributed by atoms with van der Waals surface area (Å²) in [5, 5.41) is 13.0. The molecule has 0 aliphatic carbocycles. The number of ether oxygens (including phenoxy) is 1. The Bertz CT molecular complexity index is 1140. The van der Waals surface area contributed by atoms with Gasteiger partial charge in [0.25, 0.3) is 6.43 Å². The van der Waals surface area contributed by atoms with Crippen LogP contribution in [0, 0.1) is 11.2 Å². The van der Waals surface area contributed by atoms with Crippen LogP contribution in [0.5, 0.6) is 5.75 Å². The number of rotatable bonds is 3. The first kappa shape index (κ1) is 23.8. The molecule has 0 saturated heterocycles. The van der Waals surface area contributed by atoms with Gasteiger partial charge < -0.3 is 21.6 Å². The van der Waals surface area contributed by atoms with Crippen molar-refractivity contribution in [1.29, 1.82) is 5.41 Å². The second-order valence-corrected chi connectivity index (χ2v) is 7.21. The second kappa shape index (κ2) is 10.2. The molecular weight excluding hydrogens is 435 g/mol. The van der Waals surface area contributed by atoms with Crippen LogP contribution in [0.25, 0.3) is 0 Å². The van der Waals surface area contributed by atoms with Gasteiger partial charge in [-0.05, 0) is 43.0 Å². The summed E-state index contributed by atoms with van der Waals surface area (Å²) in [5.41, 5.74) is 16.3. The molecule has 1 aliphatic rings. The second-order valence-electron chi connectivity index (χ2n) is 7.21. The van der Waals surface area contributed by atoms with Crippen LogP contribution in [-0.2, 0) is 0 Å². The number of nitrogens with zero attached hydrogens (tertiary/aromatic N) is 3. The average molecular weight is 459 g/mol. The van der Waals surface area contributed by atoms with E-state index in [4.69, 9.17) is 21.6 Å². The Balaban J connectivity index is 2.28. The molecule has 0 unspecified atom stereocenters. The maximum absolute atomic E-state index is 14.1. The number of allylic oxidation sites excluding steroid dienone is 1. The fraction of sp³-hybridized carbons (Fsp3) is 0.273. The number of pyridine rings is 1. The third kappa shape index (κ3) is 5.30. The van der Waals surface area contributed by atoms with Crippen molar-refractivity contribution in [3.8, 4) is 5.75 Å². The standard InChI is InChI=1S/C22H24F3N7O/c1-11-16-7-14(23)3-4-15(16)20(27)17(32-29-2)5-12(8-26)21(30-10-19(24)25)13-6-18(33-11)22(28)31-9-13/h3-4,6-9,11,19,27,29H,5,10,26H2,1-2H3,(H2,28,31)/b12-8?,27-20?,30-21?,32-17-/t11-/m1/s1. The van der Waals surface area contributed by atoms with Gasteiger partial charge in [0.15, 0.2) is 11.6 Å². The zero-order valence-corrected chi connectivity index (χ0v) is 18.1. The van der Waals surface area contributed by atoms with Crippen molar-refractivity contribution in [3.05, 3.63) is 64.7 Å². The van der Waals surface area contributed by atoms with Crippen molar-refractivity contribution >= 4 is 23.0 Å². The molecule has 2 aromatic rings. The van der Waals surface area contributed by atoms with Gasteiger partial charge in [-0.15, -0.1) is 0 Å². The highest BCUT2D eigenvalue weighted by atomic mass is 19.3. The fourth-order valence-electron chi connectivity index (χ4n) is 3.45. The molecule has 11 heteroatoms. The van der Waals surface area contributed by atoms with E-state index in [0.29, 0.717) is 22.3 Å². The van der Waals surface area contributed by atoms with Crippen molar-refractivity contribution in [2.75, 3.05) is 19.3 Å². The number of hydrazone groups is 1. The van der Waals surface area contributed by atoms with Crippen molar-refractivity contribution in [3.63, 3.8) is 0 Å². The normalized spacial score (nSPS) is 20.4. The summed E-state index contributed by atoms with van der Waals surface area (Å²) in [6, 6.07) is 5.49. The highest BCUT2D eigenvalue weighted by molar-refractivity contribution is 6.48. The maximum Gasteiger partial charge on any atom is 0.257 e. The van der Waals surface area contributed by atoms with E-state index in [1.165, 1.54) is 36.7 Å². The molecule has 0 saturated carbocycles. The van der Waals surface area contributed by atoms with Crippen molar-refractivity contribution in [2.24, 2.45) is 15.8 Å². The number of alkyl halides is 2. The van der Waals surface area contributed by atoms with Gasteiger partial charge in [-0.3, -0.25) is 10.4 Å². The molecule has 1 aliphatic heterocycles. The zero-order valence-electron chi connectivity index (χ0n) is 18.1. The Kier molecular flexibility index (Phi) is 7.31. The number of hydrogen-bond acceptors (Lipinski definition) is 8. The summed E-state index contributed by atoms with van der Waals surface area (Å²) in [6.07, 6.45) is -0.818. The van der Waals surface area contributed by atoms with Crippen molar-refractivity contribution < 1.29 is 17.9 Å². The number of aliphatic imine (C=N–C) groups is 1. The Labute approximate surface area is 188 Å². The molecule has 3 rings (SSSR count). The van der Waals surface area contributed by atoms with Gasteiger partial charge in [-0.25, -0.2) is 18.2 Å². The zero-order chi connectivity index (χ0) is 24.1. The summed E-state index contributed by atoms with van der Waals surface area (Å²) in [6.45, 7) is 0.914. The van der Waals surface area contributed by atoms with Crippen LogP contribution in [0.3, 0.4) is 0 Å². The minimum atomic E-state index is -2.68. The number of nitrogen functional groups attached to an aromatic ring is 1. The minimum Gasteiger partial charge on any atom is -0.482 e. The van der Waals surface area contributed by atoms with Gasteiger partial charge in [0.1, 0.15) is 18.5 Å². The van der Waals surface area contributed by atoms with Crippen LogP contribution in [0.2, 0.25) is 0 Å². The van der Waals surface area contributed by atoms with Crippen molar-refractivity contribution in [1.82, 2.24) is 10.4 Å². The molecule has 1 atom stereocenters.